The third kappa shape index (κ3) is 1.42. The van der Waals surface area contributed by atoms with Crippen LogP contribution in [-0.4, -0.2) is 4.98 Å². The molecular weight excluding hydrogens is 176 g/mol. The normalized spacial score (nSPS) is 10.7. The Hall–Kier alpha value is -1.61. The van der Waals surface area contributed by atoms with Crippen LogP contribution in [0.15, 0.2) is 29.1 Å². The summed E-state index contributed by atoms with van der Waals surface area (Å²) >= 11 is 0. The van der Waals surface area contributed by atoms with E-state index in [0.29, 0.717) is 11.9 Å². The topological polar surface area (TPSA) is 58.9 Å². The molecule has 2 rings (SSSR count). The van der Waals surface area contributed by atoms with E-state index in [0.717, 1.165) is 16.8 Å². The van der Waals surface area contributed by atoms with E-state index in [9.17, 15) is 4.79 Å². The standard InChI is InChI=1S/C11H12N2O/c1-7-2-3-9-10(4-7)13-8(6-12)5-11(9)14/h2-5H,6,12H2,1H3,(H,13,14). The smallest absolute Gasteiger partial charge is 0.189 e. The van der Waals surface area contributed by atoms with E-state index in [1.54, 1.807) is 6.07 Å². The molecule has 0 atom stereocenters. The van der Waals surface area contributed by atoms with Crippen LogP contribution in [0, 0.1) is 6.92 Å². The molecule has 1 aromatic heterocycles. The molecule has 0 bridgehead atoms. The van der Waals surface area contributed by atoms with Crippen LogP contribution in [0.4, 0.5) is 0 Å². The molecule has 3 heteroatoms. The van der Waals surface area contributed by atoms with Crippen molar-refractivity contribution in [2.45, 2.75) is 13.5 Å². The Morgan fingerprint density at radius 3 is 2.86 bits per heavy atom. The maximum Gasteiger partial charge on any atom is 0.189 e. The molecule has 0 radical (unpaired) electrons. The summed E-state index contributed by atoms with van der Waals surface area (Å²) in [5.41, 5.74) is 8.26. The van der Waals surface area contributed by atoms with Gasteiger partial charge in [0.05, 0.1) is 0 Å². The minimum absolute atomic E-state index is 0.0270. The van der Waals surface area contributed by atoms with Crippen LogP contribution < -0.4 is 11.2 Å². The van der Waals surface area contributed by atoms with Crippen molar-refractivity contribution in [3.8, 4) is 0 Å². The summed E-state index contributed by atoms with van der Waals surface area (Å²) in [4.78, 5) is 14.7. The molecule has 0 aliphatic heterocycles. The number of nitrogens with two attached hydrogens (primary N) is 1. The Morgan fingerprint density at radius 1 is 1.36 bits per heavy atom. The van der Waals surface area contributed by atoms with Crippen molar-refractivity contribution in [3.05, 3.63) is 45.7 Å². The zero-order chi connectivity index (χ0) is 10.1. The zero-order valence-corrected chi connectivity index (χ0v) is 8.00. The number of aromatic amines is 1. The lowest BCUT2D eigenvalue weighted by atomic mass is 10.1. The van der Waals surface area contributed by atoms with E-state index in [2.05, 4.69) is 4.98 Å². The van der Waals surface area contributed by atoms with Crippen molar-refractivity contribution in [1.29, 1.82) is 0 Å². The number of H-pyrrole nitrogens is 1. The summed E-state index contributed by atoms with van der Waals surface area (Å²) in [6, 6.07) is 7.27. The Morgan fingerprint density at radius 2 is 2.14 bits per heavy atom. The average molecular weight is 188 g/mol. The zero-order valence-electron chi connectivity index (χ0n) is 8.00. The second-order valence-corrected chi connectivity index (χ2v) is 3.41. The highest BCUT2D eigenvalue weighted by molar-refractivity contribution is 5.79. The monoisotopic (exact) mass is 188 g/mol. The Bertz CT molecular complexity index is 528. The van der Waals surface area contributed by atoms with Crippen LogP contribution in [0.2, 0.25) is 0 Å². The van der Waals surface area contributed by atoms with Gasteiger partial charge in [-0.3, -0.25) is 4.79 Å². The van der Waals surface area contributed by atoms with Gasteiger partial charge in [-0.25, -0.2) is 0 Å². The lowest BCUT2D eigenvalue weighted by Gasteiger charge is -2.02. The number of hydrogen-bond acceptors (Lipinski definition) is 2. The molecule has 0 fully saturated rings. The summed E-state index contributed by atoms with van der Waals surface area (Å²) in [5, 5.41) is 0.716. The average Bonchev–Trinajstić information content (AvgIpc) is 2.16. The first-order valence-electron chi connectivity index (χ1n) is 4.53. The molecule has 1 aromatic carbocycles. The molecule has 0 unspecified atom stereocenters. The van der Waals surface area contributed by atoms with Gasteiger partial charge >= 0.3 is 0 Å². The number of benzene rings is 1. The summed E-state index contributed by atoms with van der Waals surface area (Å²) in [6.45, 7) is 2.35. The van der Waals surface area contributed by atoms with E-state index in [4.69, 9.17) is 5.73 Å². The maximum absolute atomic E-state index is 11.6. The molecule has 14 heavy (non-hydrogen) atoms. The molecule has 72 valence electrons. The third-order valence-electron chi connectivity index (χ3n) is 2.26. The minimum atomic E-state index is 0.0270. The van der Waals surface area contributed by atoms with Crippen LogP contribution in [0.5, 0.6) is 0 Å². The summed E-state index contributed by atoms with van der Waals surface area (Å²) in [5.74, 6) is 0. The molecule has 3 N–H and O–H groups in total. The van der Waals surface area contributed by atoms with Crippen molar-refractivity contribution in [2.24, 2.45) is 5.73 Å². The van der Waals surface area contributed by atoms with Crippen molar-refractivity contribution in [2.75, 3.05) is 0 Å². The highest BCUT2D eigenvalue weighted by Crippen LogP contribution is 2.10. The fourth-order valence-corrected chi connectivity index (χ4v) is 1.53. The number of nitrogens with one attached hydrogen (secondary N) is 1. The number of aromatic nitrogens is 1. The van der Waals surface area contributed by atoms with Gasteiger partial charge in [0.1, 0.15) is 0 Å². The van der Waals surface area contributed by atoms with Gasteiger partial charge in [0, 0.05) is 29.2 Å². The van der Waals surface area contributed by atoms with Crippen molar-refractivity contribution in [3.63, 3.8) is 0 Å². The first-order chi connectivity index (χ1) is 6.70. The number of pyridine rings is 1. The largest absolute Gasteiger partial charge is 0.357 e. The lowest BCUT2D eigenvalue weighted by molar-refractivity contribution is 1.00. The molecule has 0 aliphatic carbocycles. The third-order valence-corrected chi connectivity index (χ3v) is 2.26. The lowest BCUT2D eigenvalue weighted by Crippen LogP contribution is -2.08. The highest BCUT2D eigenvalue weighted by Gasteiger charge is 2.00. The van der Waals surface area contributed by atoms with E-state index >= 15 is 0 Å². The van der Waals surface area contributed by atoms with E-state index < -0.39 is 0 Å². The minimum Gasteiger partial charge on any atom is -0.357 e. The van der Waals surface area contributed by atoms with Crippen molar-refractivity contribution in [1.82, 2.24) is 4.98 Å². The summed E-state index contributed by atoms with van der Waals surface area (Å²) < 4.78 is 0. The summed E-state index contributed by atoms with van der Waals surface area (Å²) in [7, 11) is 0. The van der Waals surface area contributed by atoms with Gasteiger partial charge in [0.25, 0.3) is 0 Å². The molecule has 0 aliphatic rings. The Labute approximate surface area is 81.6 Å². The first-order valence-corrected chi connectivity index (χ1v) is 4.53. The molecule has 3 nitrogen and oxygen atoms in total. The molecule has 2 aromatic rings. The van der Waals surface area contributed by atoms with E-state index in [1.807, 2.05) is 25.1 Å². The van der Waals surface area contributed by atoms with Gasteiger partial charge in [0.2, 0.25) is 0 Å². The second kappa shape index (κ2) is 3.27. The van der Waals surface area contributed by atoms with E-state index in [-0.39, 0.29) is 5.43 Å². The Kier molecular flexibility index (Phi) is 2.09. The number of aryl methyl sites for hydroxylation is 1. The van der Waals surface area contributed by atoms with Crippen molar-refractivity contribution >= 4 is 10.9 Å². The highest BCUT2D eigenvalue weighted by atomic mass is 16.1. The summed E-state index contributed by atoms with van der Waals surface area (Å²) in [6.07, 6.45) is 0. The van der Waals surface area contributed by atoms with Gasteiger partial charge in [0.15, 0.2) is 5.43 Å². The predicted octanol–water partition coefficient (Wildman–Crippen LogP) is 1.30. The van der Waals surface area contributed by atoms with Crippen LogP contribution in [0.25, 0.3) is 10.9 Å². The van der Waals surface area contributed by atoms with Crippen molar-refractivity contribution < 1.29 is 0 Å². The number of hydrogen-bond donors (Lipinski definition) is 2. The molecule has 0 saturated heterocycles. The SMILES string of the molecule is Cc1ccc2c(=O)cc(CN)[nH]c2c1. The molecule has 0 amide bonds. The quantitative estimate of drug-likeness (QED) is 0.708. The van der Waals surface area contributed by atoms with Crippen LogP contribution in [-0.2, 0) is 6.54 Å². The molecule has 0 spiro atoms. The second-order valence-electron chi connectivity index (χ2n) is 3.41. The first kappa shape index (κ1) is 8.97. The Balaban J connectivity index is 2.84. The molecular formula is C11H12N2O. The van der Waals surface area contributed by atoms with E-state index in [1.165, 1.54) is 0 Å². The predicted molar refractivity (Wildman–Crippen MR) is 57.2 cm³/mol. The fraction of sp³-hybridized carbons (Fsp3) is 0.182. The van der Waals surface area contributed by atoms with Crippen LogP contribution in [0.3, 0.4) is 0 Å². The van der Waals surface area contributed by atoms with Gasteiger partial charge in [-0.2, -0.15) is 0 Å². The van der Waals surface area contributed by atoms with Crippen LogP contribution in [0.1, 0.15) is 11.3 Å². The van der Waals surface area contributed by atoms with Gasteiger partial charge < -0.3 is 10.7 Å². The fourth-order valence-electron chi connectivity index (χ4n) is 1.53. The van der Waals surface area contributed by atoms with Gasteiger partial charge in [-0.05, 0) is 24.6 Å². The van der Waals surface area contributed by atoms with Gasteiger partial charge in [-0.1, -0.05) is 6.07 Å². The molecule has 0 saturated carbocycles. The number of rotatable bonds is 1. The number of fused-ring (bicyclic) bond motifs is 1. The van der Waals surface area contributed by atoms with Gasteiger partial charge in [-0.15, -0.1) is 0 Å². The molecule has 1 heterocycles. The maximum atomic E-state index is 11.6. The van der Waals surface area contributed by atoms with Crippen LogP contribution >= 0.6 is 0 Å².